The summed E-state index contributed by atoms with van der Waals surface area (Å²) >= 11 is 0. The largest absolute Gasteiger partial charge is 0.322 e. The van der Waals surface area contributed by atoms with Crippen molar-refractivity contribution >= 4 is 34.0 Å². The molecule has 0 radical (unpaired) electrons. The van der Waals surface area contributed by atoms with Crippen LogP contribution < -0.4 is 10.6 Å². The maximum absolute atomic E-state index is 14.3. The standard InChI is InChI=1S/C13H18FN3O3S.ClH/c1-17(21(2,19)20)8-12(18)16-11-4-3-9-7-15-6-5-10(9)13(11)14;/h3-4,15H,5-8H2,1-2H3,(H,16,18);1H. The second kappa shape index (κ2) is 7.36. The van der Waals surface area contributed by atoms with Crippen LogP contribution in [0.15, 0.2) is 12.1 Å². The molecule has 0 unspecified atom stereocenters. The van der Waals surface area contributed by atoms with Gasteiger partial charge in [-0.1, -0.05) is 6.07 Å². The highest BCUT2D eigenvalue weighted by molar-refractivity contribution is 7.88. The first-order valence-corrected chi connectivity index (χ1v) is 8.36. The van der Waals surface area contributed by atoms with E-state index in [0.717, 1.165) is 16.1 Å². The van der Waals surface area contributed by atoms with E-state index in [1.807, 2.05) is 0 Å². The minimum atomic E-state index is -3.44. The summed E-state index contributed by atoms with van der Waals surface area (Å²) in [5.41, 5.74) is 1.57. The van der Waals surface area contributed by atoms with Crippen molar-refractivity contribution in [3.05, 3.63) is 29.1 Å². The summed E-state index contributed by atoms with van der Waals surface area (Å²) in [5, 5.41) is 5.57. The summed E-state index contributed by atoms with van der Waals surface area (Å²) in [7, 11) is -2.15. The number of fused-ring (bicyclic) bond motifs is 1. The molecule has 0 saturated heterocycles. The van der Waals surface area contributed by atoms with Gasteiger partial charge in [0, 0.05) is 13.6 Å². The van der Waals surface area contributed by atoms with Gasteiger partial charge in [-0.15, -0.1) is 12.4 Å². The van der Waals surface area contributed by atoms with Crippen LogP contribution in [0.2, 0.25) is 0 Å². The van der Waals surface area contributed by atoms with E-state index in [2.05, 4.69) is 10.6 Å². The molecule has 9 heteroatoms. The summed E-state index contributed by atoms with van der Waals surface area (Å²) in [6.45, 7) is 0.951. The molecule has 0 atom stereocenters. The van der Waals surface area contributed by atoms with Crippen molar-refractivity contribution in [1.29, 1.82) is 0 Å². The van der Waals surface area contributed by atoms with Crippen molar-refractivity contribution in [3.63, 3.8) is 0 Å². The van der Waals surface area contributed by atoms with E-state index in [1.165, 1.54) is 13.1 Å². The van der Waals surface area contributed by atoms with E-state index in [1.54, 1.807) is 6.07 Å². The number of nitrogens with zero attached hydrogens (tertiary/aromatic N) is 1. The summed E-state index contributed by atoms with van der Waals surface area (Å²) in [5.74, 6) is -1.01. The molecule has 0 fully saturated rings. The van der Waals surface area contributed by atoms with Crippen LogP contribution in [0.1, 0.15) is 11.1 Å². The Kier molecular flexibility index (Phi) is 6.30. The topological polar surface area (TPSA) is 78.5 Å². The quantitative estimate of drug-likeness (QED) is 0.838. The lowest BCUT2D eigenvalue weighted by atomic mass is 9.99. The van der Waals surface area contributed by atoms with E-state index in [-0.39, 0.29) is 24.6 Å². The molecule has 1 amide bonds. The lowest BCUT2D eigenvalue weighted by Crippen LogP contribution is -2.34. The molecule has 6 nitrogen and oxygen atoms in total. The zero-order valence-electron chi connectivity index (χ0n) is 12.3. The number of nitrogens with one attached hydrogen (secondary N) is 2. The second-order valence-corrected chi connectivity index (χ2v) is 7.15. The Bertz CT molecular complexity index is 667. The minimum absolute atomic E-state index is 0. The average Bonchev–Trinajstić information content (AvgIpc) is 2.41. The second-order valence-electron chi connectivity index (χ2n) is 5.06. The first kappa shape index (κ1) is 18.8. The van der Waals surface area contributed by atoms with Gasteiger partial charge in [-0.25, -0.2) is 12.8 Å². The lowest BCUT2D eigenvalue weighted by Gasteiger charge is -2.20. The molecular formula is C13H19ClFN3O3S. The number of halogens is 2. The highest BCUT2D eigenvalue weighted by Crippen LogP contribution is 2.24. The number of rotatable bonds is 4. The molecule has 0 aliphatic carbocycles. The van der Waals surface area contributed by atoms with Crippen LogP contribution in [0.4, 0.5) is 10.1 Å². The maximum Gasteiger partial charge on any atom is 0.239 e. The third-order valence-electron chi connectivity index (χ3n) is 3.41. The van der Waals surface area contributed by atoms with Crippen LogP contribution in [-0.2, 0) is 27.8 Å². The lowest BCUT2D eigenvalue weighted by molar-refractivity contribution is -0.116. The number of hydrogen-bond acceptors (Lipinski definition) is 4. The number of sulfonamides is 1. The van der Waals surface area contributed by atoms with E-state index in [4.69, 9.17) is 0 Å². The number of likely N-dealkylation sites (N-methyl/N-ethyl adjacent to an activating group) is 1. The molecule has 0 spiro atoms. The third kappa shape index (κ3) is 4.39. The Morgan fingerprint density at radius 1 is 1.45 bits per heavy atom. The Morgan fingerprint density at radius 3 is 2.77 bits per heavy atom. The molecule has 22 heavy (non-hydrogen) atoms. The van der Waals surface area contributed by atoms with E-state index >= 15 is 0 Å². The fourth-order valence-corrected chi connectivity index (χ4v) is 2.49. The smallest absolute Gasteiger partial charge is 0.239 e. The monoisotopic (exact) mass is 351 g/mol. The van der Waals surface area contributed by atoms with Gasteiger partial charge in [-0.05, 0) is 30.2 Å². The molecule has 0 aromatic heterocycles. The molecule has 1 aromatic carbocycles. The zero-order valence-corrected chi connectivity index (χ0v) is 14.0. The fourth-order valence-electron chi connectivity index (χ4n) is 2.14. The van der Waals surface area contributed by atoms with Crippen molar-refractivity contribution in [2.24, 2.45) is 0 Å². The van der Waals surface area contributed by atoms with Crippen molar-refractivity contribution in [1.82, 2.24) is 9.62 Å². The molecule has 1 aliphatic heterocycles. The number of carbonyl (C=O) groups excluding carboxylic acids is 1. The Hall–Kier alpha value is -1.22. The highest BCUT2D eigenvalue weighted by Gasteiger charge is 2.19. The van der Waals surface area contributed by atoms with Crippen molar-refractivity contribution in [2.75, 3.05) is 31.7 Å². The van der Waals surface area contributed by atoms with E-state index < -0.39 is 21.7 Å². The molecule has 0 saturated carbocycles. The summed E-state index contributed by atoms with van der Waals surface area (Å²) in [4.78, 5) is 11.8. The minimum Gasteiger partial charge on any atom is -0.322 e. The first-order chi connectivity index (χ1) is 9.79. The molecular weight excluding hydrogens is 333 g/mol. The molecule has 0 bridgehead atoms. The molecule has 1 aliphatic rings. The van der Waals surface area contributed by atoms with E-state index in [9.17, 15) is 17.6 Å². The number of anilines is 1. The summed E-state index contributed by atoms with van der Waals surface area (Å²) in [6.07, 6.45) is 1.57. The van der Waals surface area contributed by atoms with Crippen LogP contribution in [0.5, 0.6) is 0 Å². The van der Waals surface area contributed by atoms with Gasteiger partial charge in [-0.3, -0.25) is 4.79 Å². The van der Waals surface area contributed by atoms with Gasteiger partial charge < -0.3 is 10.6 Å². The molecule has 2 N–H and O–H groups in total. The average molecular weight is 352 g/mol. The zero-order chi connectivity index (χ0) is 15.6. The normalized spacial score (nSPS) is 14.2. The van der Waals surface area contributed by atoms with Crippen molar-refractivity contribution < 1.29 is 17.6 Å². The van der Waals surface area contributed by atoms with Gasteiger partial charge in [-0.2, -0.15) is 4.31 Å². The van der Waals surface area contributed by atoms with Crippen molar-refractivity contribution in [3.8, 4) is 0 Å². The highest BCUT2D eigenvalue weighted by atomic mass is 35.5. The van der Waals surface area contributed by atoms with Crippen LogP contribution in [0, 0.1) is 5.82 Å². The summed E-state index contributed by atoms with van der Waals surface area (Å²) in [6, 6.07) is 3.26. The van der Waals surface area contributed by atoms with Gasteiger partial charge in [0.05, 0.1) is 18.5 Å². The number of amides is 1. The van der Waals surface area contributed by atoms with Gasteiger partial charge in [0.1, 0.15) is 5.82 Å². The van der Waals surface area contributed by atoms with Gasteiger partial charge in [0.15, 0.2) is 0 Å². The number of carbonyl (C=O) groups is 1. The van der Waals surface area contributed by atoms with Crippen LogP contribution in [0.3, 0.4) is 0 Å². The van der Waals surface area contributed by atoms with Crippen LogP contribution in [-0.4, -0.2) is 45.0 Å². The van der Waals surface area contributed by atoms with E-state index in [0.29, 0.717) is 25.1 Å². The Labute approximate surface area is 135 Å². The van der Waals surface area contributed by atoms with Crippen LogP contribution >= 0.6 is 12.4 Å². The predicted molar refractivity (Wildman–Crippen MR) is 85.2 cm³/mol. The SMILES string of the molecule is CN(CC(=O)Nc1ccc2c(c1F)CCNC2)S(C)(=O)=O.Cl. The maximum atomic E-state index is 14.3. The first-order valence-electron chi connectivity index (χ1n) is 6.51. The molecule has 124 valence electrons. The Balaban J connectivity index is 0.00000242. The third-order valence-corrected chi connectivity index (χ3v) is 4.68. The molecule has 2 rings (SSSR count). The van der Waals surface area contributed by atoms with Gasteiger partial charge >= 0.3 is 0 Å². The predicted octanol–water partition coefficient (Wildman–Crippen LogP) is 0.723. The van der Waals surface area contributed by atoms with Gasteiger partial charge in [0.25, 0.3) is 0 Å². The summed E-state index contributed by atoms with van der Waals surface area (Å²) < 4.78 is 37.7. The fraction of sp³-hybridized carbons (Fsp3) is 0.462. The number of hydrogen-bond donors (Lipinski definition) is 2. The number of benzene rings is 1. The molecule has 1 aromatic rings. The van der Waals surface area contributed by atoms with Gasteiger partial charge in [0.2, 0.25) is 15.9 Å². The van der Waals surface area contributed by atoms with Crippen molar-refractivity contribution in [2.45, 2.75) is 13.0 Å². The van der Waals surface area contributed by atoms with Crippen LogP contribution in [0.25, 0.3) is 0 Å². The Morgan fingerprint density at radius 2 is 2.14 bits per heavy atom. The molecule has 1 heterocycles.